The second-order valence-corrected chi connectivity index (χ2v) is 4.49. The lowest BCUT2D eigenvalue weighted by Crippen LogP contribution is -2.04. The maximum Gasteiger partial charge on any atom is 0.165 e. The van der Waals surface area contributed by atoms with Crippen molar-refractivity contribution in [2.75, 3.05) is 19.0 Å². The summed E-state index contributed by atoms with van der Waals surface area (Å²) in [4.78, 5) is 4.17. The molecule has 0 aliphatic carbocycles. The quantitative estimate of drug-likeness (QED) is 0.875. The van der Waals surface area contributed by atoms with E-state index < -0.39 is 0 Å². The van der Waals surface area contributed by atoms with Gasteiger partial charge in [-0.3, -0.25) is 4.98 Å². The summed E-state index contributed by atoms with van der Waals surface area (Å²) < 4.78 is 11.0. The van der Waals surface area contributed by atoms with E-state index in [0.29, 0.717) is 13.2 Å². The number of hydrogen-bond acceptors (Lipinski definition) is 4. The van der Waals surface area contributed by atoms with Crippen molar-refractivity contribution >= 4 is 5.69 Å². The molecule has 1 N–H and O–H groups in total. The largest absolute Gasteiger partial charge is 0.493 e. The number of anilines is 1. The highest BCUT2D eigenvalue weighted by molar-refractivity contribution is 5.49. The predicted octanol–water partition coefficient (Wildman–Crippen LogP) is 3.41. The average Bonchev–Trinajstić information content (AvgIpc) is 2.45. The molecule has 0 spiro atoms. The van der Waals surface area contributed by atoms with Gasteiger partial charge >= 0.3 is 0 Å². The zero-order chi connectivity index (χ0) is 14.4. The molecule has 4 nitrogen and oxygen atoms in total. The Hall–Kier alpha value is -2.23. The Labute approximate surface area is 119 Å². The minimum Gasteiger partial charge on any atom is -0.493 e. The van der Waals surface area contributed by atoms with Gasteiger partial charge in [0, 0.05) is 24.5 Å². The Morgan fingerprint density at radius 2 is 2.10 bits per heavy atom. The highest BCUT2D eigenvalue weighted by Gasteiger charge is 2.09. The predicted molar refractivity (Wildman–Crippen MR) is 80.5 cm³/mol. The summed E-state index contributed by atoms with van der Waals surface area (Å²) >= 11 is 0. The zero-order valence-electron chi connectivity index (χ0n) is 12.1. The molecule has 0 aliphatic rings. The topological polar surface area (TPSA) is 43.4 Å². The molecule has 0 fully saturated rings. The van der Waals surface area contributed by atoms with E-state index in [0.717, 1.165) is 28.3 Å². The van der Waals surface area contributed by atoms with Gasteiger partial charge in [0.2, 0.25) is 0 Å². The summed E-state index contributed by atoms with van der Waals surface area (Å²) in [5.41, 5.74) is 3.18. The number of rotatable bonds is 6. The molecule has 0 amide bonds. The number of aromatic nitrogens is 1. The third-order valence-electron chi connectivity index (χ3n) is 2.92. The minimum atomic E-state index is 0.620. The van der Waals surface area contributed by atoms with E-state index in [1.54, 1.807) is 7.11 Å². The minimum absolute atomic E-state index is 0.620. The van der Waals surface area contributed by atoms with Crippen LogP contribution in [0.5, 0.6) is 11.5 Å². The Kier molecular flexibility index (Phi) is 4.82. The monoisotopic (exact) mass is 272 g/mol. The lowest BCUT2D eigenvalue weighted by atomic mass is 10.1. The molecule has 2 aromatic rings. The van der Waals surface area contributed by atoms with Crippen LogP contribution in [-0.4, -0.2) is 18.7 Å². The van der Waals surface area contributed by atoms with Crippen LogP contribution in [-0.2, 0) is 6.54 Å². The van der Waals surface area contributed by atoms with Crippen LogP contribution in [0.25, 0.3) is 0 Å². The van der Waals surface area contributed by atoms with Crippen molar-refractivity contribution in [2.45, 2.75) is 20.4 Å². The van der Waals surface area contributed by atoms with Gasteiger partial charge in [0.25, 0.3) is 0 Å². The van der Waals surface area contributed by atoms with E-state index in [9.17, 15) is 0 Å². The second kappa shape index (κ2) is 6.80. The van der Waals surface area contributed by atoms with Crippen LogP contribution in [0.3, 0.4) is 0 Å². The molecule has 0 bridgehead atoms. The Morgan fingerprint density at radius 3 is 2.80 bits per heavy atom. The smallest absolute Gasteiger partial charge is 0.165 e. The fourth-order valence-corrected chi connectivity index (χ4v) is 2.05. The zero-order valence-corrected chi connectivity index (χ0v) is 12.1. The number of nitrogens with one attached hydrogen (secondary N) is 1. The standard InChI is InChI=1S/C16H20N2O2/c1-4-20-15-7-5-6-13(16(15)19-3)10-18-14-8-12(2)9-17-11-14/h5-9,11,18H,4,10H2,1-3H3. The van der Waals surface area contributed by atoms with Gasteiger partial charge in [-0.2, -0.15) is 0 Å². The molecule has 0 atom stereocenters. The maximum absolute atomic E-state index is 5.57. The summed E-state index contributed by atoms with van der Waals surface area (Å²) in [5.74, 6) is 1.55. The normalized spacial score (nSPS) is 10.2. The first-order chi connectivity index (χ1) is 9.74. The third-order valence-corrected chi connectivity index (χ3v) is 2.92. The molecule has 0 unspecified atom stereocenters. The first kappa shape index (κ1) is 14.2. The Morgan fingerprint density at radius 1 is 1.25 bits per heavy atom. The van der Waals surface area contributed by atoms with Crippen molar-refractivity contribution in [3.8, 4) is 11.5 Å². The molecule has 2 rings (SSSR count). The second-order valence-electron chi connectivity index (χ2n) is 4.49. The molecule has 20 heavy (non-hydrogen) atoms. The molecular formula is C16H20N2O2. The molecule has 0 aliphatic heterocycles. The molecule has 1 aromatic carbocycles. The van der Waals surface area contributed by atoms with Crippen LogP contribution in [0, 0.1) is 6.92 Å². The van der Waals surface area contributed by atoms with E-state index >= 15 is 0 Å². The van der Waals surface area contributed by atoms with Gasteiger partial charge in [0.1, 0.15) is 0 Å². The van der Waals surface area contributed by atoms with Crippen molar-refractivity contribution in [2.24, 2.45) is 0 Å². The lowest BCUT2D eigenvalue weighted by molar-refractivity contribution is 0.309. The Bertz CT molecular complexity index is 570. The average molecular weight is 272 g/mol. The van der Waals surface area contributed by atoms with Crippen molar-refractivity contribution < 1.29 is 9.47 Å². The summed E-state index contributed by atoms with van der Waals surface area (Å²) in [6.07, 6.45) is 3.65. The van der Waals surface area contributed by atoms with Crippen LogP contribution < -0.4 is 14.8 Å². The lowest BCUT2D eigenvalue weighted by Gasteiger charge is -2.14. The number of para-hydroxylation sites is 1. The highest BCUT2D eigenvalue weighted by atomic mass is 16.5. The summed E-state index contributed by atoms with van der Waals surface area (Å²) in [6, 6.07) is 7.97. The third kappa shape index (κ3) is 3.41. The fraction of sp³-hybridized carbons (Fsp3) is 0.312. The van der Waals surface area contributed by atoms with Crippen LogP contribution in [0.15, 0.2) is 36.7 Å². The van der Waals surface area contributed by atoms with Crippen molar-refractivity contribution in [3.05, 3.63) is 47.8 Å². The van der Waals surface area contributed by atoms with Crippen LogP contribution in [0.2, 0.25) is 0 Å². The van der Waals surface area contributed by atoms with Crippen LogP contribution >= 0.6 is 0 Å². The van der Waals surface area contributed by atoms with Crippen molar-refractivity contribution in [1.82, 2.24) is 4.98 Å². The molecule has 1 aromatic heterocycles. The van der Waals surface area contributed by atoms with Gasteiger partial charge in [0.15, 0.2) is 11.5 Å². The van der Waals surface area contributed by atoms with E-state index in [1.165, 1.54) is 0 Å². The first-order valence-electron chi connectivity index (χ1n) is 6.68. The summed E-state index contributed by atoms with van der Waals surface area (Å²) in [7, 11) is 1.66. The van der Waals surface area contributed by atoms with Gasteiger partial charge in [0.05, 0.1) is 19.4 Å². The fourth-order valence-electron chi connectivity index (χ4n) is 2.05. The SMILES string of the molecule is CCOc1cccc(CNc2cncc(C)c2)c1OC. The van der Waals surface area contributed by atoms with E-state index in [1.807, 2.05) is 44.4 Å². The van der Waals surface area contributed by atoms with Crippen molar-refractivity contribution in [1.29, 1.82) is 0 Å². The van der Waals surface area contributed by atoms with E-state index in [4.69, 9.17) is 9.47 Å². The molecule has 0 saturated carbocycles. The molecule has 0 radical (unpaired) electrons. The van der Waals surface area contributed by atoms with Crippen molar-refractivity contribution in [3.63, 3.8) is 0 Å². The van der Waals surface area contributed by atoms with Gasteiger partial charge in [-0.05, 0) is 31.5 Å². The number of nitrogens with zero attached hydrogens (tertiary/aromatic N) is 1. The summed E-state index contributed by atoms with van der Waals surface area (Å²) in [6.45, 7) is 5.27. The number of aryl methyl sites for hydroxylation is 1. The molecule has 1 heterocycles. The number of pyridine rings is 1. The maximum atomic E-state index is 5.57. The molecule has 4 heteroatoms. The molecule has 106 valence electrons. The van der Waals surface area contributed by atoms with Gasteiger partial charge < -0.3 is 14.8 Å². The number of methoxy groups -OCH3 is 1. The van der Waals surface area contributed by atoms with Gasteiger partial charge in [-0.15, -0.1) is 0 Å². The van der Waals surface area contributed by atoms with Crippen LogP contribution in [0.4, 0.5) is 5.69 Å². The first-order valence-corrected chi connectivity index (χ1v) is 6.68. The van der Waals surface area contributed by atoms with E-state index in [2.05, 4.69) is 16.4 Å². The number of hydrogen-bond donors (Lipinski definition) is 1. The highest BCUT2D eigenvalue weighted by Crippen LogP contribution is 2.31. The van der Waals surface area contributed by atoms with Gasteiger partial charge in [-0.1, -0.05) is 12.1 Å². The molecule has 0 saturated heterocycles. The van der Waals surface area contributed by atoms with Gasteiger partial charge in [-0.25, -0.2) is 0 Å². The number of benzene rings is 1. The molecular weight excluding hydrogens is 252 g/mol. The Balaban J connectivity index is 2.14. The van der Waals surface area contributed by atoms with E-state index in [-0.39, 0.29) is 0 Å². The van der Waals surface area contributed by atoms with Crippen LogP contribution in [0.1, 0.15) is 18.1 Å². The summed E-state index contributed by atoms with van der Waals surface area (Å²) in [5, 5.41) is 3.35. The number of ether oxygens (including phenoxy) is 2.